The smallest absolute Gasteiger partial charge is 0.128 e. The predicted octanol–water partition coefficient (Wildman–Crippen LogP) is 7.25. The summed E-state index contributed by atoms with van der Waals surface area (Å²) in [6.07, 6.45) is 18.3. The third-order valence-electron chi connectivity index (χ3n) is 6.37. The first-order chi connectivity index (χ1) is 14.3. The minimum absolute atomic E-state index is 0.786. The van der Waals surface area contributed by atoms with E-state index in [1.807, 2.05) is 24.5 Å². The third kappa shape index (κ3) is 7.13. The lowest BCUT2D eigenvalue weighted by Gasteiger charge is -2.28. The summed E-state index contributed by atoms with van der Waals surface area (Å²) in [6, 6.07) is 8.26. The molecule has 0 unspecified atom stereocenters. The van der Waals surface area contributed by atoms with Gasteiger partial charge < -0.3 is 4.74 Å². The largest absolute Gasteiger partial charge is 0.494 e. The van der Waals surface area contributed by atoms with E-state index in [1.165, 1.54) is 51.4 Å². The number of rotatable bonds is 11. The highest BCUT2D eigenvalue weighted by atomic mass is 16.5. The van der Waals surface area contributed by atoms with Crippen molar-refractivity contribution in [2.75, 3.05) is 6.61 Å². The molecule has 0 bridgehead atoms. The molecule has 1 aliphatic carbocycles. The van der Waals surface area contributed by atoms with Gasteiger partial charge in [0.2, 0.25) is 0 Å². The van der Waals surface area contributed by atoms with Crippen LogP contribution in [0.2, 0.25) is 0 Å². The van der Waals surface area contributed by atoms with Crippen molar-refractivity contribution in [3.8, 4) is 16.9 Å². The quantitative estimate of drug-likeness (QED) is 0.376. The second-order valence-corrected chi connectivity index (χ2v) is 8.68. The maximum absolute atomic E-state index is 5.74. The van der Waals surface area contributed by atoms with Gasteiger partial charge in [-0.3, -0.25) is 0 Å². The molecular formula is C26H38N2O. The number of hydrogen-bond acceptors (Lipinski definition) is 3. The fourth-order valence-corrected chi connectivity index (χ4v) is 4.35. The zero-order valence-corrected chi connectivity index (χ0v) is 18.4. The van der Waals surface area contributed by atoms with E-state index in [2.05, 4.69) is 35.9 Å². The second kappa shape index (κ2) is 11.9. The molecule has 0 saturated heterocycles. The minimum atomic E-state index is 0.786. The van der Waals surface area contributed by atoms with E-state index in [9.17, 15) is 0 Å². The molecule has 0 N–H and O–H groups in total. The Morgan fingerprint density at radius 1 is 0.793 bits per heavy atom. The number of aryl methyl sites for hydroxylation is 1. The lowest BCUT2D eigenvalue weighted by molar-refractivity contribution is 0.249. The van der Waals surface area contributed by atoms with Crippen LogP contribution in [0.5, 0.6) is 5.75 Å². The average Bonchev–Trinajstić information content (AvgIpc) is 2.78. The monoisotopic (exact) mass is 394 g/mol. The highest BCUT2D eigenvalue weighted by Gasteiger charge is 2.20. The Morgan fingerprint density at radius 2 is 1.41 bits per heavy atom. The summed E-state index contributed by atoms with van der Waals surface area (Å²) in [5.41, 5.74) is 2.22. The molecule has 1 aromatic heterocycles. The second-order valence-electron chi connectivity index (χ2n) is 8.68. The normalized spacial score (nSPS) is 19.2. The molecular weight excluding hydrogens is 356 g/mol. The van der Waals surface area contributed by atoms with Crippen LogP contribution in [0.4, 0.5) is 0 Å². The molecule has 1 aliphatic rings. The van der Waals surface area contributed by atoms with Crippen LogP contribution in [0.1, 0.15) is 83.9 Å². The number of benzene rings is 1. The van der Waals surface area contributed by atoms with Gasteiger partial charge in [-0.1, -0.05) is 77.3 Å². The molecule has 158 valence electrons. The van der Waals surface area contributed by atoms with Gasteiger partial charge in [0.1, 0.15) is 11.6 Å². The summed E-state index contributed by atoms with van der Waals surface area (Å²) >= 11 is 0. The van der Waals surface area contributed by atoms with Crippen molar-refractivity contribution < 1.29 is 4.74 Å². The molecule has 0 amide bonds. The van der Waals surface area contributed by atoms with Crippen LogP contribution in [0.25, 0.3) is 11.1 Å². The van der Waals surface area contributed by atoms with Crippen molar-refractivity contribution in [1.29, 1.82) is 0 Å². The van der Waals surface area contributed by atoms with Gasteiger partial charge in [0.15, 0.2) is 0 Å². The van der Waals surface area contributed by atoms with Crippen molar-refractivity contribution in [2.24, 2.45) is 11.8 Å². The predicted molar refractivity (Wildman–Crippen MR) is 121 cm³/mol. The maximum atomic E-state index is 5.74. The summed E-state index contributed by atoms with van der Waals surface area (Å²) in [5, 5.41) is 0. The fourth-order valence-electron chi connectivity index (χ4n) is 4.35. The van der Waals surface area contributed by atoms with Crippen LogP contribution >= 0.6 is 0 Å². The lowest BCUT2D eigenvalue weighted by atomic mass is 9.78. The van der Waals surface area contributed by atoms with Crippen LogP contribution in [0, 0.1) is 11.8 Å². The average molecular weight is 395 g/mol. The number of nitrogens with zero attached hydrogens (tertiary/aromatic N) is 2. The van der Waals surface area contributed by atoms with Gasteiger partial charge in [-0.25, -0.2) is 9.97 Å². The number of ether oxygens (including phenoxy) is 1. The van der Waals surface area contributed by atoms with E-state index < -0.39 is 0 Å². The minimum Gasteiger partial charge on any atom is -0.494 e. The van der Waals surface area contributed by atoms with Gasteiger partial charge in [0.25, 0.3) is 0 Å². The molecule has 3 heteroatoms. The van der Waals surface area contributed by atoms with Crippen LogP contribution in [0.15, 0.2) is 36.7 Å². The van der Waals surface area contributed by atoms with Gasteiger partial charge >= 0.3 is 0 Å². The maximum Gasteiger partial charge on any atom is 0.128 e. The highest BCUT2D eigenvalue weighted by Crippen LogP contribution is 2.34. The summed E-state index contributed by atoms with van der Waals surface area (Å²) < 4.78 is 5.74. The van der Waals surface area contributed by atoms with Gasteiger partial charge in [0, 0.05) is 24.4 Å². The van der Waals surface area contributed by atoms with Gasteiger partial charge in [-0.15, -0.1) is 0 Å². The summed E-state index contributed by atoms with van der Waals surface area (Å²) in [7, 11) is 0. The molecule has 1 saturated carbocycles. The van der Waals surface area contributed by atoms with E-state index in [1.54, 1.807) is 0 Å². The first-order valence-electron chi connectivity index (χ1n) is 11.8. The zero-order valence-electron chi connectivity index (χ0n) is 18.4. The van der Waals surface area contributed by atoms with E-state index >= 15 is 0 Å². The summed E-state index contributed by atoms with van der Waals surface area (Å²) in [5.74, 6) is 3.78. The molecule has 29 heavy (non-hydrogen) atoms. The van der Waals surface area contributed by atoms with Crippen molar-refractivity contribution in [2.45, 2.75) is 84.5 Å². The number of unbranched alkanes of at least 4 members (excludes halogenated alkanes) is 2. The standard InChI is InChI=1S/C26H38N2O/c1-3-5-7-21-8-10-22(11-9-21)12-17-26-27-19-24(20-28-26)23-13-15-25(16-14-23)29-18-6-4-2/h13-16,19-22H,3-12,17-18H2,1-2H3. The van der Waals surface area contributed by atoms with E-state index in [0.717, 1.165) is 60.4 Å². The summed E-state index contributed by atoms with van der Waals surface area (Å²) in [6.45, 7) is 5.26. The molecule has 2 aromatic rings. The van der Waals surface area contributed by atoms with Crippen LogP contribution < -0.4 is 4.74 Å². The lowest BCUT2D eigenvalue weighted by Crippen LogP contribution is -2.15. The first kappa shape index (κ1) is 21.8. The van der Waals surface area contributed by atoms with Crippen molar-refractivity contribution in [3.05, 3.63) is 42.5 Å². The molecule has 0 radical (unpaired) electrons. The Balaban J connectivity index is 1.43. The third-order valence-corrected chi connectivity index (χ3v) is 6.37. The zero-order chi connectivity index (χ0) is 20.3. The molecule has 0 aliphatic heterocycles. The van der Waals surface area contributed by atoms with Crippen LogP contribution in [-0.2, 0) is 6.42 Å². The van der Waals surface area contributed by atoms with Gasteiger partial charge in [-0.05, 0) is 42.4 Å². The van der Waals surface area contributed by atoms with Crippen molar-refractivity contribution in [1.82, 2.24) is 9.97 Å². The van der Waals surface area contributed by atoms with E-state index in [-0.39, 0.29) is 0 Å². The van der Waals surface area contributed by atoms with E-state index in [4.69, 9.17) is 4.74 Å². The van der Waals surface area contributed by atoms with Crippen LogP contribution in [-0.4, -0.2) is 16.6 Å². The molecule has 0 spiro atoms. The Morgan fingerprint density at radius 3 is 2.03 bits per heavy atom. The molecule has 0 atom stereocenters. The molecule has 1 fully saturated rings. The van der Waals surface area contributed by atoms with Crippen LogP contribution in [0.3, 0.4) is 0 Å². The molecule has 1 heterocycles. The van der Waals surface area contributed by atoms with Crippen molar-refractivity contribution in [3.63, 3.8) is 0 Å². The Kier molecular flexibility index (Phi) is 8.98. The van der Waals surface area contributed by atoms with Crippen molar-refractivity contribution >= 4 is 0 Å². The molecule has 3 nitrogen and oxygen atoms in total. The molecule has 1 aromatic carbocycles. The topological polar surface area (TPSA) is 35.0 Å². The highest BCUT2D eigenvalue weighted by molar-refractivity contribution is 5.62. The SMILES string of the molecule is CCCCOc1ccc(-c2cnc(CCC3CCC(CCCC)CC3)nc2)cc1. The van der Waals surface area contributed by atoms with Gasteiger partial charge in [0.05, 0.1) is 6.61 Å². The first-order valence-corrected chi connectivity index (χ1v) is 11.8. The van der Waals surface area contributed by atoms with Gasteiger partial charge in [-0.2, -0.15) is 0 Å². The van der Waals surface area contributed by atoms with E-state index in [0.29, 0.717) is 0 Å². The summed E-state index contributed by atoms with van der Waals surface area (Å²) in [4.78, 5) is 9.27. The Bertz CT molecular complexity index is 688. The number of aromatic nitrogens is 2. The Hall–Kier alpha value is -1.90. The Labute approximate surface area is 177 Å². The molecule has 3 rings (SSSR count). The number of hydrogen-bond donors (Lipinski definition) is 0. The fraction of sp³-hybridized carbons (Fsp3) is 0.615.